The van der Waals surface area contributed by atoms with Crippen LogP contribution < -0.4 is 4.90 Å². The van der Waals surface area contributed by atoms with Crippen molar-refractivity contribution in [2.75, 3.05) is 31.7 Å². The molecule has 2 aromatic rings. The maximum Gasteiger partial charge on any atom is 0.133 e. The molecule has 3 aliphatic rings. The number of aliphatic imine (C=N–C) groups is 1. The van der Waals surface area contributed by atoms with Crippen LogP contribution in [0.25, 0.3) is 0 Å². The third-order valence-corrected chi connectivity index (χ3v) is 7.65. The molecule has 0 saturated heterocycles. The van der Waals surface area contributed by atoms with Gasteiger partial charge in [-0.1, -0.05) is 22.8 Å². The first kappa shape index (κ1) is 23.6. The number of hydrogen-bond donors (Lipinski definition) is 0. The van der Waals surface area contributed by atoms with E-state index >= 15 is 0 Å². The average Bonchev–Trinajstić information content (AvgIpc) is 3.12. The summed E-state index contributed by atoms with van der Waals surface area (Å²) in [5.74, 6) is 3.04. The van der Waals surface area contributed by atoms with E-state index in [9.17, 15) is 0 Å². The number of hydrogen-bond acceptors (Lipinski definition) is 6. The van der Waals surface area contributed by atoms with E-state index in [1.807, 2.05) is 13.0 Å². The highest BCUT2D eigenvalue weighted by Gasteiger charge is 2.35. The first-order chi connectivity index (χ1) is 16.5. The van der Waals surface area contributed by atoms with E-state index < -0.39 is 0 Å². The van der Waals surface area contributed by atoms with Crippen LogP contribution in [-0.4, -0.2) is 48.7 Å². The lowest BCUT2D eigenvalue weighted by Gasteiger charge is -2.36. The molecule has 1 unspecified atom stereocenters. The van der Waals surface area contributed by atoms with Crippen molar-refractivity contribution in [2.45, 2.75) is 64.5 Å². The zero-order valence-electron chi connectivity index (χ0n) is 20.5. The number of halogens is 1. The molecule has 0 spiro atoms. The van der Waals surface area contributed by atoms with Crippen molar-refractivity contribution in [1.29, 1.82) is 0 Å². The Balaban J connectivity index is 1.46. The van der Waals surface area contributed by atoms with Crippen LogP contribution in [0.2, 0.25) is 5.02 Å². The quantitative estimate of drug-likeness (QED) is 0.526. The van der Waals surface area contributed by atoms with Gasteiger partial charge in [-0.25, -0.2) is 0 Å². The SMILES string of the molecule is COCCN1CC2=NC(C)CC=C(C3CCC(c4cc(C)on4)CC3)N2c2ccc(Cl)cc2C1. The molecule has 1 aromatic carbocycles. The van der Waals surface area contributed by atoms with Gasteiger partial charge in [-0.15, -0.1) is 0 Å². The predicted octanol–water partition coefficient (Wildman–Crippen LogP) is 5.95. The van der Waals surface area contributed by atoms with Gasteiger partial charge in [-0.3, -0.25) is 9.89 Å². The molecule has 34 heavy (non-hydrogen) atoms. The smallest absolute Gasteiger partial charge is 0.133 e. The number of amidine groups is 1. The highest BCUT2D eigenvalue weighted by Crippen LogP contribution is 2.43. The first-order valence-electron chi connectivity index (χ1n) is 12.5. The number of rotatable bonds is 5. The van der Waals surface area contributed by atoms with Crippen molar-refractivity contribution in [1.82, 2.24) is 10.1 Å². The third-order valence-electron chi connectivity index (χ3n) is 7.42. The second-order valence-electron chi connectivity index (χ2n) is 9.98. The molecule has 0 bridgehead atoms. The number of methoxy groups -OCH3 is 1. The van der Waals surface area contributed by atoms with Gasteiger partial charge < -0.3 is 14.2 Å². The van der Waals surface area contributed by atoms with E-state index in [2.05, 4.69) is 46.2 Å². The molecule has 6 nitrogen and oxygen atoms in total. The number of ether oxygens (including phenoxy) is 1. The Kier molecular flexibility index (Phi) is 7.09. The van der Waals surface area contributed by atoms with E-state index in [4.69, 9.17) is 25.9 Å². The number of aryl methyl sites for hydroxylation is 1. The zero-order chi connectivity index (χ0) is 23.7. The summed E-state index contributed by atoms with van der Waals surface area (Å²) in [6.07, 6.45) is 8.00. The number of aromatic nitrogens is 1. The zero-order valence-corrected chi connectivity index (χ0v) is 21.2. The van der Waals surface area contributed by atoms with Crippen LogP contribution in [0.1, 0.15) is 62.0 Å². The van der Waals surface area contributed by atoms with Crippen molar-refractivity contribution in [2.24, 2.45) is 10.9 Å². The van der Waals surface area contributed by atoms with Gasteiger partial charge in [0.15, 0.2) is 0 Å². The summed E-state index contributed by atoms with van der Waals surface area (Å²) >= 11 is 6.45. The van der Waals surface area contributed by atoms with Crippen molar-refractivity contribution in [3.8, 4) is 0 Å². The Hall–Kier alpha value is -2.15. The van der Waals surface area contributed by atoms with Crippen molar-refractivity contribution in [3.05, 3.63) is 58.1 Å². The van der Waals surface area contributed by atoms with Crippen LogP contribution in [-0.2, 0) is 11.3 Å². The molecule has 182 valence electrons. The fourth-order valence-electron chi connectivity index (χ4n) is 5.67. The highest BCUT2D eigenvalue weighted by atomic mass is 35.5. The largest absolute Gasteiger partial charge is 0.383 e. The van der Waals surface area contributed by atoms with Crippen LogP contribution >= 0.6 is 11.6 Å². The second-order valence-corrected chi connectivity index (χ2v) is 10.4. The van der Waals surface area contributed by atoms with E-state index in [1.54, 1.807) is 7.11 Å². The number of fused-ring (bicyclic) bond motifs is 3. The summed E-state index contributed by atoms with van der Waals surface area (Å²) in [6.45, 7) is 7.42. The third kappa shape index (κ3) is 4.95. The molecule has 2 aliphatic heterocycles. The standard InChI is InChI=1S/C27H35ClN4O2/c1-18-4-10-25(21-7-5-20(6-8-21)24-14-19(2)34-30-24)32-26-11-9-23(28)15-22(26)16-31(12-13-33-3)17-27(32)29-18/h9-11,14-15,18,20-21H,4-8,12-13,16-17H2,1-3H3. The molecule has 1 atom stereocenters. The van der Waals surface area contributed by atoms with Gasteiger partial charge in [0.1, 0.15) is 11.6 Å². The number of allylic oxidation sites excluding steroid dienone is 1. The molecule has 0 N–H and O–H groups in total. The molecule has 5 rings (SSSR count). The number of benzene rings is 1. The lowest BCUT2D eigenvalue weighted by atomic mass is 9.78. The van der Waals surface area contributed by atoms with Crippen LogP contribution in [0, 0.1) is 12.8 Å². The summed E-state index contributed by atoms with van der Waals surface area (Å²) in [5, 5.41) is 5.08. The first-order valence-corrected chi connectivity index (χ1v) is 12.9. The van der Waals surface area contributed by atoms with Crippen LogP contribution in [0.3, 0.4) is 0 Å². The van der Waals surface area contributed by atoms with Gasteiger partial charge in [-0.2, -0.15) is 0 Å². The summed E-state index contributed by atoms with van der Waals surface area (Å²) in [7, 11) is 1.76. The van der Waals surface area contributed by atoms with E-state index in [0.717, 1.165) is 74.1 Å². The topological polar surface area (TPSA) is 54.1 Å². The fourth-order valence-corrected chi connectivity index (χ4v) is 5.87. The summed E-state index contributed by atoms with van der Waals surface area (Å²) in [5.41, 5.74) is 5.00. The molecule has 1 aliphatic carbocycles. The van der Waals surface area contributed by atoms with Gasteiger partial charge >= 0.3 is 0 Å². The van der Waals surface area contributed by atoms with Crippen LogP contribution in [0.5, 0.6) is 0 Å². The minimum absolute atomic E-state index is 0.266. The summed E-state index contributed by atoms with van der Waals surface area (Å²) < 4.78 is 10.7. The fraction of sp³-hybridized carbons (Fsp3) is 0.556. The highest BCUT2D eigenvalue weighted by molar-refractivity contribution is 6.30. The minimum Gasteiger partial charge on any atom is -0.383 e. The Morgan fingerprint density at radius 2 is 1.91 bits per heavy atom. The Bertz CT molecular complexity index is 1070. The van der Waals surface area contributed by atoms with E-state index in [0.29, 0.717) is 18.4 Å². The molecule has 1 aromatic heterocycles. The maximum absolute atomic E-state index is 6.45. The molecule has 7 heteroatoms. The van der Waals surface area contributed by atoms with Crippen molar-refractivity contribution < 1.29 is 9.26 Å². The van der Waals surface area contributed by atoms with Crippen LogP contribution in [0.4, 0.5) is 5.69 Å². The monoisotopic (exact) mass is 482 g/mol. The van der Waals surface area contributed by atoms with Gasteiger partial charge in [0.25, 0.3) is 0 Å². The Morgan fingerprint density at radius 1 is 1.12 bits per heavy atom. The second kappa shape index (κ2) is 10.2. The average molecular weight is 483 g/mol. The molecule has 3 heterocycles. The van der Waals surface area contributed by atoms with Gasteiger partial charge in [0.05, 0.1) is 30.6 Å². The summed E-state index contributed by atoms with van der Waals surface area (Å²) in [4.78, 5) is 10.1. The van der Waals surface area contributed by atoms with Gasteiger partial charge in [0.2, 0.25) is 0 Å². The minimum atomic E-state index is 0.266. The predicted molar refractivity (Wildman–Crippen MR) is 137 cm³/mol. The van der Waals surface area contributed by atoms with Crippen LogP contribution in [0.15, 0.2) is 45.6 Å². The molecule has 0 radical (unpaired) electrons. The molecule has 1 saturated carbocycles. The maximum atomic E-state index is 6.45. The Labute approximate surface area is 207 Å². The normalized spacial score (nSPS) is 25.6. The Morgan fingerprint density at radius 3 is 2.65 bits per heavy atom. The van der Waals surface area contributed by atoms with Gasteiger partial charge in [-0.05, 0) is 75.6 Å². The number of anilines is 1. The van der Waals surface area contributed by atoms with E-state index in [-0.39, 0.29) is 6.04 Å². The van der Waals surface area contributed by atoms with Crippen molar-refractivity contribution >= 4 is 23.1 Å². The summed E-state index contributed by atoms with van der Waals surface area (Å²) in [6, 6.07) is 8.68. The lowest BCUT2D eigenvalue weighted by molar-refractivity contribution is 0.153. The lowest BCUT2D eigenvalue weighted by Crippen LogP contribution is -2.40. The van der Waals surface area contributed by atoms with Crippen molar-refractivity contribution in [3.63, 3.8) is 0 Å². The van der Waals surface area contributed by atoms with Gasteiger partial charge in [0, 0.05) is 42.9 Å². The number of nitrogens with zero attached hydrogens (tertiary/aromatic N) is 4. The molecular formula is C27H35ClN4O2. The molecular weight excluding hydrogens is 448 g/mol. The molecule has 0 amide bonds. The van der Waals surface area contributed by atoms with E-state index in [1.165, 1.54) is 16.9 Å². The molecule has 1 fully saturated rings.